The Morgan fingerprint density at radius 2 is 2.08 bits per heavy atom. The number of rotatable bonds is 2. The highest BCUT2D eigenvalue weighted by Crippen LogP contribution is 2.38. The van der Waals surface area contributed by atoms with E-state index >= 15 is 0 Å². The van der Waals surface area contributed by atoms with Crippen molar-refractivity contribution in [3.63, 3.8) is 0 Å². The van der Waals surface area contributed by atoms with Gasteiger partial charge in [0, 0.05) is 12.6 Å². The molecule has 0 radical (unpaired) electrons. The van der Waals surface area contributed by atoms with Crippen LogP contribution in [0.15, 0.2) is 0 Å². The van der Waals surface area contributed by atoms with Crippen LogP contribution in [0.1, 0.15) is 33.1 Å². The summed E-state index contributed by atoms with van der Waals surface area (Å²) in [5, 5.41) is 9.84. The summed E-state index contributed by atoms with van der Waals surface area (Å²) in [6.45, 7) is 6.89. The molecule has 0 aromatic rings. The van der Waals surface area contributed by atoms with Crippen molar-refractivity contribution in [2.75, 3.05) is 13.1 Å². The normalized spacial score (nSPS) is 40.2. The molecule has 76 valence electrons. The van der Waals surface area contributed by atoms with Gasteiger partial charge in [-0.25, -0.2) is 0 Å². The number of hydrogen-bond donors (Lipinski definition) is 1. The van der Waals surface area contributed by atoms with Crippen molar-refractivity contribution in [1.29, 1.82) is 0 Å². The van der Waals surface area contributed by atoms with Crippen molar-refractivity contribution in [3.8, 4) is 0 Å². The number of nitrogens with zero attached hydrogens (tertiary/aromatic N) is 1. The van der Waals surface area contributed by atoms with Crippen LogP contribution in [0, 0.1) is 11.8 Å². The average Bonchev–Trinajstić information content (AvgIpc) is 2.56. The quantitative estimate of drug-likeness (QED) is 0.701. The molecule has 13 heavy (non-hydrogen) atoms. The van der Waals surface area contributed by atoms with E-state index in [2.05, 4.69) is 18.7 Å². The molecule has 1 heterocycles. The molecular formula is C11H21NO. The Bertz CT molecular complexity index is 181. The maximum absolute atomic E-state index is 9.84. The van der Waals surface area contributed by atoms with Gasteiger partial charge in [0.15, 0.2) is 0 Å². The van der Waals surface area contributed by atoms with Gasteiger partial charge in [0.1, 0.15) is 0 Å². The van der Waals surface area contributed by atoms with Gasteiger partial charge in [-0.1, -0.05) is 13.8 Å². The van der Waals surface area contributed by atoms with Crippen LogP contribution in [0.4, 0.5) is 0 Å². The molecule has 1 N–H and O–H groups in total. The highest BCUT2D eigenvalue weighted by Gasteiger charge is 2.42. The van der Waals surface area contributed by atoms with Crippen molar-refractivity contribution >= 4 is 0 Å². The molecule has 0 aromatic carbocycles. The Hall–Kier alpha value is -0.0800. The largest absolute Gasteiger partial charge is 0.391 e. The minimum absolute atomic E-state index is 0.0359. The number of hydrogen-bond acceptors (Lipinski definition) is 2. The molecule has 0 unspecified atom stereocenters. The van der Waals surface area contributed by atoms with Crippen molar-refractivity contribution in [1.82, 2.24) is 4.90 Å². The number of fused-ring (bicyclic) bond motifs is 1. The molecule has 3 atom stereocenters. The van der Waals surface area contributed by atoms with Gasteiger partial charge >= 0.3 is 0 Å². The fraction of sp³-hybridized carbons (Fsp3) is 1.00. The zero-order valence-electron chi connectivity index (χ0n) is 8.74. The molecule has 1 saturated heterocycles. The first-order valence-electron chi connectivity index (χ1n) is 5.60. The lowest BCUT2D eigenvalue weighted by Crippen LogP contribution is -2.40. The summed E-state index contributed by atoms with van der Waals surface area (Å²) in [7, 11) is 0. The molecule has 2 fully saturated rings. The molecule has 2 rings (SSSR count). The highest BCUT2D eigenvalue weighted by atomic mass is 16.3. The lowest BCUT2D eigenvalue weighted by Gasteiger charge is -2.27. The van der Waals surface area contributed by atoms with Gasteiger partial charge in [0.05, 0.1) is 6.10 Å². The summed E-state index contributed by atoms with van der Waals surface area (Å²) in [6, 6.07) is 0.502. The lowest BCUT2D eigenvalue weighted by atomic mass is 10.0. The summed E-state index contributed by atoms with van der Waals surface area (Å²) in [4.78, 5) is 2.51. The average molecular weight is 183 g/mol. The maximum atomic E-state index is 9.84. The minimum Gasteiger partial charge on any atom is -0.391 e. The van der Waals surface area contributed by atoms with Crippen LogP contribution in [-0.4, -0.2) is 35.2 Å². The maximum Gasteiger partial charge on any atom is 0.0698 e. The van der Waals surface area contributed by atoms with E-state index in [1.54, 1.807) is 0 Å². The fourth-order valence-corrected chi connectivity index (χ4v) is 3.06. The predicted octanol–water partition coefficient (Wildman–Crippen LogP) is 1.49. The first-order valence-corrected chi connectivity index (χ1v) is 5.60. The van der Waals surface area contributed by atoms with Crippen molar-refractivity contribution in [2.24, 2.45) is 11.8 Å². The summed E-state index contributed by atoms with van der Waals surface area (Å²) < 4.78 is 0. The van der Waals surface area contributed by atoms with Gasteiger partial charge in [0.25, 0.3) is 0 Å². The highest BCUT2D eigenvalue weighted by molar-refractivity contribution is 4.97. The number of aliphatic hydroxyl groups excluding tert-OH is 1. The van der Waals surface area contributed by atoms with Crippen LogP contribution in [0.25, 0.3) is 0 Å². The fourth-order valence-electron chi connectivity index (χ4n) is 3.06. The zero-order valence-corrected chi connectivity index (χ0v) is 8.74. The van der Waals surface area contributed by atoms with Crippen LogP contribution in [0.3, 0.4) is 0 Å². The third kappa shape index (κ3) is 1.75. The zero-order chi connectivity index (χ0) is 9.42. The second kappa shape index (κ2) is 3.58. The smallest absolute Gasteiger partial charge is 0.0698 e. The Balaban J connectivity index is 1.98. The van der Waals surface area contributed by atoms with E-state index < -0.39 is 0 Å². The Kier molecular flexibility index (Phi) is 2.61. The SMILES string of the molecule is CC(C)CN1CC[C@@H]2CC[C@@H](O)[C@@H]21. The number of aliphatic hydroxyl groups is 1. The molecule has 0 amide bonds. The Morgan fingerprint density at radius 1 is 1.31 bits per heavy atom. The lowest BCUT2D eigenvalue weighted by molar-refractivity contribution is 0.0784. The van der Waals surface area contributed by atoms with E-state index in [-0.39, 0.29) is 6.10 Å². The monoisotopic (exact) mass is 183 g/mol. The second-order valence-corrected chi connectivity index (χ2v) is 5.07. The van der Waals surface area contributed by atoms with Crippen LogP contribution >= 0.6 is 0 Å². The van der Waals surface area contributed by atoms with E-state index in [0.29, 0.717) is 6.04 Å². The summed E-state index contributed by atoms with van der Waals surface area (Å²) in [5.41, 5.74) is 0. The molecule has 1 saturated carbocycles. The van der Waals surface area contributed by atoms with Gasteiger partial charge in [-0.05, 0) is 37.6 Å². The number of likely N-dealkylation sites (tertiary alicyclic amines) is 1. The Labute approximate surface area is 80.9 Å². The predicted molar refractivity (Wildman–Crippen MR) is 53.5 cm³/mol. The van der Waals surface area contributed by atoms with Crippen LogP contribution in [0.5, 0.6) is 0 Å². The molecule has 2 heteroatoms. The molecule has 2 aliphatic rings. The first-order chi connectivity index (χ1) is 6.18. The summed E-state index contributed by atoms with van der Waals surface area (Å²) >= 11 is 0. The molecule has 0 bridgehead atoms. The molecular weight excluding hydrogens is 162 g/mol. The standard InChI is InChI=1S/C11H21NO/c1-8(2)7-12-6-5-9-3-4-10(13)11(9)12/h8-11,13H,3-7H2,1-2H3/t9-,10+,11+/m0/s1. The molecule has 1 aliphatic heterocycles. The second-order valence-electron chi connectivity index (χ2n) is 5.07. The van der Waals surface area contributed by atoms with Gasteiger partial charge < -0.3 is 5.11 Å². The third-order valence-electron chi connectivity index (χ3n) is 3.52. The molecule has 1 aliphatic carbocycles. The summed E-state index contributed by atoms with van der Waals surface area (Å²) in [6.07, 6.45) is 3.56. The first kappa shape index (κ1) is 9.47. The minimum atomic E-state index is -0.0359. The van der Waals surface area contributed by atoms with E-state index in [1.165, 1.54) is 19.4 Å². The van der Waals surface area contributed by atoms with Gasteiger partial charge in [-0.3, -0.25) is 4.90 Å². The van der Waals surface area contributed by atoms with Crippen molar-refractivity contribution in [3.05, 3.63) is 0 Å². The molecule has 2 nitrogen and oxygen atoms in total. The molecule has 0 spiro atoms. The van der Waals surface area contributed by atoms with Crippen LogP contribution in [0.2, 0.25) is 0 Å². The third-order valence-corrected chi connectivity index (χ3v) is 3.52. The topological polar surface area (TPSA) is 23.5 Å². The van der Waals surface area contributed by atoms with E-state index in [9.17, 15) is 5.11 Å². The van der Waals surface area contributed by atoms with Gasteiger partial charge in [-0.15, -0.1) is 0 Å². The Morgan fingerprint density at radius 3 is 2.77 bits per heavy atom. The van der Waals surface area contributed by atoms with Crippen LogP contribution < -0.4 is 0 Å². The van der Waals surface area contributed by atoms with Gasteiger partial charge in [0.2, 0.25) is 0 Å². The van der Waals surface area contributed by atoms with E-state index in [4.69, 9.17) is 0 Å². The summed E-state index contributed by atoms with van der Waals surface area (Å²) in [5.74, 6) is 1.53. The van der Waals surface area contributed by atoms with E-state index in [1.807, 2.05) is 0 Å². The van der Waals surface area contributed by atoms with E-state index in [0.717, 1.165) is 24.8 Å². The molecule has 0 aromatic heterocycles. The van der Waals surface area contributed by atoms with Crippen LogP contribution in [-0.2, 0) is 0 Å². The van der Waals surface area contributed by atoms with Gasteiger partial charge in [-0.2, -0.15) is 0 Å². The van der Waals surface area contributed by atoms with Crippen molar-refractivity contribution < 1.29 is 5.11 Å². The van der Waals surface area contributed by atoms with Crippen molar-refractivity contribution in [2.45, 2.75) is 45.3 Å².